The van der Waals surface area contributed by atoms with Gasteiger partial charge in [0.25, 0.3) is 6.43 Å². The lowest BCUT2D eigenvalue weighted by Gasteiger charge is -2.28. The highest BCUT2D eigenvalue weighted by Crippen LogP contribution is 2.32. The summed E-state index contributed by atoms with van der Waals surface area (Å²) in [5.74, 6) is 0. The summed E-state index contributed by atoms with van der Waals surface area (Å²) < 4.78 is 70.2. The predicted molar refractivity (Wildman–Crippen MR) is 29.5 cm³/mol. The molecule has 0 heterocycles. The topological polar surface area (TPSA) is 26.0 Å². The van der Waals surface area contributed by atoms with E-state index in [2.05, 4.69) is 5.73 Å². The first-order chi connectivity index (χ1) is 5.10. The second kappa shape index (κ2) is 3.12. The quantitative estimate of drug-likeness (QED) is 0.668. The number of hydrogen-bond donors (Lipinski definition) is 1. The van der Waals surface area contributed by atoms with Gasteiger partial charge in [-0.15, -0.1) is 0 Å². The van der Waals surface area contributed by atoms with Gasteiger partial charge in [-0.1, -0.05) is 0 Å². The molecule has 0 rings (SSSR count). The Morgan fingerprint density at radius 2 is 1.42 bits per heavy atom. The summed E-state index contributed by atoms with van der Waals surface area (Å²) in [7, 11) is 0. The Labute approximate surface area is 64.5 Å². The fourth-order valence-corrected chi connectivity index (χ4v) is 0.463. The smallest absolute Gasteiger partial charge is 0.318 e. The molecule has 0 aliphatic carbocycles. The highest BCUT2D eigenvalue weighted by Gasteiger charge is 2.54. The van der Waals surface area contributed by atoms with Crippen LogP contribution in [-0.4, -0.2) is 24.3 Å². The lowest BCUT2D eigenvalue weighted by atomic mass is 9.98. The van der Waals surface area contributed by atoms with Crippen LogP contribution < -0.4 is 5.73 Å². The van der Waals surface area contributed by atoms with Gasteiger partial charge < -0.3 is 5.73 Å². The molecule has 7 heteroatoms. The van der Waals surface area contributed by atoms with Gasteiger partial charge in [0.1, 0.15) is 5.54 Å². The van der Waals surface area contributed by atoms with Gasteiger partial charge in [0.2, 0.25) is 6.17 Å². The van der Waals surface area contributed by atoms with Crippen LogP contribution in [0.4, 0.5) is 26.3 Å². The van der Waals surface area contributed by atoms with Gasteiger partial charge in [-0.25, -0.2) is 13.2 Å². The van der Waals surface area contributed by atoms with Crippen molar-refractivity contribution in [3.05, 3.63) is 0 Å². The van der Waals surface area contributed by atoms with Crippen molar-refractivity contribution in [1.29, 1.82) is 0 Å². The molecule has 0 bridgehead atoms. The maximum atomic E-state index is 12.2. The number of halogens is 6. The fourth-order valence-electron chi connectivity index (χ4n) is 0.463. The van der Waals surface area contributed by atoms with E-state index in [0.29, 0.717) is 6.92 Å². The van der Waals surface area contributed by atoms with E-state index in [1.165, 1.54) is 0 Å². The molecule has 2 atom stereocenters. The fraction of sp³-hybridized carbons (Fsp3) is 1.00. The van der Waals surface area contributed by atoms with Crippen molar-refractivity contribution in [1.82, 2.24) is 0 Å². The third kappa shape index (κ3) is 2.26. The van der Waals surface area contributed by atoms with Crippen LogP contribution in [0.15, 0.2) is 0 Å². The van der Waals surface area contributed by atoms with E-state index in [-0.39, 0.29) is 0 Å². The van der Waals surface area contributed by atoms with Crippen LogP contribution in [0.3, 0.4) is 0 Å². The SMILES string of the molecule is CC(N)(C(F)F)C(F)C(F)(F)F. The Balaban J connectivity index is 4.57. The molecule has 2 unspecified atom stereocenters. The van der Waals surface area contributed by atoms with Crippen LogP contribution in [0, 0.1) is 0 Å². The lowest BCUT2D eigenvalue weighted by molar-refractivity contribution is -0.209. The normalized spacial score (nSPS) is 20.8. The zero-order valence-electron chi connectivity index (χ0n) is 6.00. The molecule has 74 valence electrons. The standard InChI is InChI=1S/C5H7F6N/c1-4(12,3(7)8)2(6)5(9,10)11/h2-3H,12H2,1H3. The molecule has 0 aromatic heterocycles. The molecule has 0 aromatic carbocycles. The third-order valence-corrected chi connectivity index (χ3v) is 1.30. The van der Waals surface area contributed by atoms with Crippen LogP contribution in [0.5, 0.6) is 0 Å². The maximum absolute atomic E-state index is 12.2. The Kier molecular flexibility index (Phi) is 3.00. The van der Waals surface area contributed by atoms with E-state index in [1.54, 1.807) is 0 Å². The molecule has 0 aliphatic rings. The van der Waals surface area contributed by atoms with E-state index < -0.39 is 24.3 Å². The molecular weight excluding hydrogens is 188 g/mol. The highest BCUT2D eigenvalue weighted by atomic mass is 19.4. The van der Waals surface area contributed by atoms with Crippen molar-refractivity contribution >= 4 is 0 Å². The van der Waals surface area contributed by atoms with E-state index in [9.17, 15) is 26.3 Å². The molecule has 0 amide bonds. The Bertz CT molecular complexity index is 151. The van der Waals surface area contributed by atoms with Crippen LogP contribution in [0.2, 0.25) is 0 Å². The molecule has 0 radical (unpaired) electrons. The van der Waals surface area contributed by atoms with Crippen LogP contribution >= 0.6 is 0 Å². The summed E-state index contributed by atoms with van der Waals surface area (Å²) in [5.41, 5.74) is 1.26. The minimum atomic E-state index is -5.35. The summed E-state index contributed by atoms with van der Waals surface area (Å²) in [6.45, 7) is 0.315. The molecule has 2 N–H and O–H groups in total. The Morgan fingerprint density at radius 1 is 1.08 bits per heavy atom. The zero-order valence-corrected chi connectivity index (χ0v) is 6.00. The average molecular weight is 195 g/mol. The monoisotopic (exact) mass is 195 g/mol. The van der Waals surface area contributed by atoms with Crippen molar-refractivity contribution in [3.63, 3.8) is 0 Å². The number of nitrogens with two attached hydrogens (primary N) is 1. The maximum Gasteiger partial charge on any atom is 0.421 e. The first-order valence-corrected chi connectivity index (χ1v) is 2.88. The van der Waals surface area contributed by atoms with Crippen molar-refractivity contribution in [2.24, 2.45) is 5.73 Å². The molecule has 0 aliphatic heterocycles. The predicted octanol–water partition coefficient (Wildman–Crippen LogP) is 1.87. The second-order valence-electron chi connectivity index (χ2n) is 2.57. The summed E-state index contributed by atoms with van der Waals surface area (Å²) >= 11 is 0. The largest absolute Gasteiger partial charge is 0.421 e. The Morgan fingerprint density at radius 3 is 1.50 bits per heavy atom. The van der Waals surface area contributed by atoms with Gasteiger partial charge in [-0.3, -0.25) is 0 Å². The van der Waals surface area contributed by atoms with E-state index in [1.807, 2.05) is 0 Å². The zero-order chi connectivity index (χ0) is 10.2. The number of hydrogen-bond acceptors (Lipinski definition) is 1. The number of rotatable bonds is 2. The van der Waals surface area contributed by atoms with Gasteiger partial charge in [0, 0.05) is 0 Å². The van der Waals surface area contributed by atoms with Crippen molar-refractivity contribution in [2.45, 2.75) is 31.2 Å². The molecule has 1 nitrogen and oxygen atoms in total. The van der Waals surface area contributed by atoms with Crippen LogP contribution in [0.1, 0.15) is 6.92 Å². The summed E-state index contributed by atoms with van der Waals surface area (Å²) in [5, 5.41) is 0. The first-order valence-electron chi connectivity index (χ1n) is 2.88. The first kappa shape index (κ1) is 11.5. The summed E-state index contributed by atoms with van der Waals surface area (Å²) in [6.07, 6.45) is -12.6. The van der Waals surface area contributed by atoms with E-state index in [0.717, 1.165) is 0 Å². The highest BCUT2D eigenvalue weighted by molar-refractivity contribution is 4.93. The molecule has 0 fully saturated rings. The Hall–Kier alpha value is -0.460. The summed E-state index contributed by atoms with van der Waals surface area (Å²) in [6, 6.07) is 0. The molecule has 0 saturated carbocycles. The lowest BCUT2D eigenvalue weighted by Crippen LogP contribution is -2.57. The van der Waals surface area contributed by atoms with Gasteiger partial charge in [-0.05, 0) is 6.92 Å². The van der Waals surface area contributed by atoms with Gasteiger partial charge >= 0.3 is 6.18 Å². The number of alkyl halides is 6. The van der Waals surface area contributed by atoms with Crippen LogP contribution in [-0.2, 0) is 0 Å². The molecule has 0 saturated heterocycles. The summed E-state index contributed by atoms with van der Waals surface area (Å²) in [4.78, 5) is 0. The van der Waals surface area contributed by atoms with Crippen LogP contribution in [0.25, 0.3) is 0 Å². The van der Waals surface area contributed by atoms with Crippen molar-refractivity contribution < 1.29 is 26.3 Å². The van der Waals surface area contributed by atoms with Gasteiger partial charge in [0.15, 0.2) is 0 Å². The van der Waals surface area contributed by atoms with Gasteiger partial charge in [-0.2, -0.15) is 13.2 Å². The van der Waals surface area contributed by atoms with Crippen molar-refractivity contribution in [3.8, 4) is 0 Å². The molecule has 0 aromatic rings. The molecular formula is C5H7F6N. The second-order valence-corrected chi connectivity index (χ2v) is 2.57. The minimum absolute atomic E-state index is 0.315. The molecule has 0 spiro atoms. The average Bonchev–Trinajstić information content (AvgIpc) is 1.83. The van der Waals surface area contributed by atoms with Gasteiger partial charge in [0.05, 0.1) is 0 Å². The third-order valence-electron chi connectivity index (χ3n) is 1.30. The van der Waals surface area contributed by atoms with E-state index >= 15 is 0 Å². The molecule has 12 heavy (non-hydrogen) atoms. The van der Waals surface area contributed by atoms with Crippen molar-refractivity contribution in [2.75, 3.05) is 0 Å². The van der Waals surface area contributed by atoms with E-state index in [4.69, 9.17) is 0 Å². The minimum Gasteiger partial charge on any atom is -0.318 e.